The van der Waals surface area contributed by atoms with Crippen LogP contribution in [-0.4, -0.2) is 23.4 Å². The molecule has 0 radical (unpaired) electrons. The van der Waals surface area contributed by atoms with Crippen LogP contribution in [0.5, 0.6) is 0 Å². The van der Waals surface area contributed by atoms with Crippen LogP contribution in [0.1, 0.15) is 34.0 Å². The number of halogens is 1. The third-order valence-corrected chi connectivity index (χ3v) is 5.63. The molecule has 154 valence electrons. The van der Waals surface area contributed by atoms with Gasteiger partial charge in [0.05, 0.1) is 12.3 Å². The van der Waals surface area contributed by atoms with Gasteiger partial charge in [0, 0.05) is 15.6 Å². The number of ether oxygens (including phenoxy) is 1. The lowest BCUT2D eigenvalue weighted by Gasteiger charge is -2.21. The van der Waals surface area contributed by atoms with Crippen molar-refractivity contribution < 1.29 is 14.3 Å². The summed E-state index contributed by atoms with van der Waals surface area (Å²) in [6.07, 6.45) is 3.60. The molecule has 4 nitrogen and oxygen atoms in total. The summed E-state index contributed by atoms with van der Waals surface area (Å²) in [4.78, 5) is 27.9. The van der Waals surface area contributed by atoms with Gasteiger partial charge in [-0.15, -0.1) is 0 Å². The van der Waals surface area contributed by atoms with Crippen LogP contribution in [0, 0.1) is 0 Å². The molecule has 0 aromatic heterocycles. The van der Waals surface area contributed by atoms with Gasteiger partial charge in [-0.05, 0) is 42.3 Å². The number of amides is 1. The van der Waals surface area contributed by atoms with Crippen LogP contribution >= 0.6 is 15.9 Å². The van der Waals surface area contributed by atoms with Crippen LogP contribution in [-0.2, 0) is 9.53 Å². The summed E-state index contributed by atoms with van der Waals surface area (Å²) in [5.74, 6) is -0.817. The lowest BCUT2D eigenvalue weighted by atomic mass is 10.1. The highest BCUT2D eigenvalue weighted by atomic mass is 79.9. The summed E-state index contributed by atoms with van der Waals surface area (Å²) < 4.78 is 6.14. The van der Waals surface area contributed by atoms with Crippen molar-refractivity contribution in [1.29, 1.82) is 0 Å². The Morgan fingerprint density at radius 3 is 2.29 bits per heavy atom. The van der Waals surface area contributed by atoms with Gasteiger partial charge >= 0.3 is 5.97 Å². The van der Waals surface area contributed by atoms with E-state index >= 15 is 0 Å². The third-order valence-electron chi connectivity index (χ3n) is 4.90. The maximum Gasteiger partial charge on any atom is 0.355 e. The molecule has 0 unspecified atom stereocenters. The number of carbonyl (C=O) groups excluding carboxylic acids is 2. The second-order valence-electron chi connectivity index (χ2n) is 6.90. The molecule has 1 aliphatic rings. The maximum atomic E-state index is 13.4. The Bertz CT molecular complexity index is 1200. The van der Waals surface area contributed by atoms with E-state index in [1.165, 1.54) is 4.90 Å². The molecule has 0 spiro atoms. The van der Waals surface area contributed by atoms with Crippen LogP contribution < -0.4 is 0 Å². The lowest BCUT2D eigenvalue weighted by Crippen LogP contribution is -2.28. The molecule has 0 atom stereocenters. The number of fused-ring (bicyclic) bond motifs is 1. The zero-order chi connectivity index (χ0) is 21.8. The van der Waals surface area contributed by atoms with Crippen molar-refractivity contribution in [2.24, 2.45) is 0 Å². The first kappa shape index (κ1) is 20.8. The van der Waals surface area contributed by atoms with E-state index in [4.69, 9.17) is 4.74 Å². The highest BCUT2D eigenvalue weighted by molar-refractivity contribution is 9.10. The van der Waals surface area contributed by atoms with Crippen molar-refractivity contribution in [2.45, 2.75) is 6.92 Å². The van der Waals surface area contributed by atoms with Gasteiger partial charge in [-0.1, -0.05) is 82.7 Å². The molecule has 31 heavy (non-hydrogen) atoms. The Morgan fingerprint density at radius 1 is 0.935 bits per heavy atom. The molecule has 0 aliphatic carbocycles. The van der Waals surface area contributed by atoms with Crippen LogP contribution in [0.25, 0.3) is 17.8 Å². The largest absolute Gasteiger partial charge is 0.461 e. The van der Waals surface area contributed by atoms with E-state index in [9.17, 15) is 9.59 Å². The number of nitrogens with zero attached hydrogens (tertiary/aromatic N) is 1. The van der Waals surface area contributed by atoms with Gasteiger partial charge < -0.3 is 4.74 Å². The summed E-state index contributed by atoms with van der Waals surface area (Å²) in [6, 6.07) is 24.6. The molecule has 4 rings (SSSR count). The number of rotatable bonds is 5. The number of hydrogen-bond donors (Lipinski definition) is 0. The Hall–Kier alpha value is -3.44. The summed E-state index contributed by atoms with van der Waals surface area (Å²) in [5.41, 5.74) is 3.82. The van der Waals surface area contributed by atoms with Crippen molar-refractivity contribution in [2.75, 3.05) is 6.61 Å². The molecule has 1 amide bonds. The van der Waals surface area contributed by atoms with Gasteiger partial charge in [0.1, 0.15) is 5.70 Å². The first-order valence-corrected chi connectivity index (χ1v) is 10.7. The van der Waals surface area contributed by atoms with Gasteiger partial charge in [0.25, 0.3) is 5.91 Å². The van der Waals surface area contributed by atoms with Crippen LogP contribution in [0.2, 0.25) is 0 Å². The Balaban J connectivity index is 1.92. The molecule has 3 aromatic carbocycles. The van der Waals surface area contributed by atoms with Crippen molar-refractivity contribution in [3.05, 3.63) is 111 Å². The quantitative estimate of drug-likeness (QED) is 0.336. The summed E-state index contributed by atoms with van der Waals surface area (Å²) >= 11 is 3.52. The number of hydrogen-bond acceptors (Lipinski definition) is 3. The van der Waals surface area contributed by atoms with E-state index in [0.717, 1.165) is 21.2 Å². The predicted octanol–water partition coefficient (Wildman–Crippen LogP) is 6.01. The summed E-state index contributed by atoms with van der Waals surface area (Å²) in [5, 5.41) is 0. The SMILES string of the molecule is CCOC(=O)/C(=C\c1ccccc1Br)N1C(=O)c2ccccc2/C1=C\c1ccccc1. The number of carbonyl (C=O) groups is 2. The fourth-order valence-electron chi connectivity index (χ4n) is 3.49. The fourth-order valence-corrected chi connectivity index (χ4v) is 3.89. The molecular weight excluding hydrogens is 454 g/mol. The smallest absolute Gasteiger partial charge is 0.355 e. The summed E-state index contributed by atoms with van der Waals surface area (Å²) in [7, 11) is 0. The van der Waals surface area contributed by atoms with Crippen molar-refractivity contribution >= 4 is 45.7 Å². The standard InChI is InChI=1S/C26H20BrNO3/c1-2-31-26(30)24(17-19-12-6-9-15-22(19)27)28-23(16-18-10-4-3-5-11-18)20-13-7-8-14-21(20)25(28)29/h3-17H,2H2,1H3/b23-16+,24-17+. The van der Waals surface area contributed by atoms with Gasteiger partial charge in [-0.2, -0.15) is 0 Å². The van der Waals surface area contributed by atoms with E-state index < -0.39 is 5.97 Å². The second kappa shape index (κ2) is 9.14. The van der Waals surface area contributed by atoms with Gasteiger partial charge in [0.2, 0.25) is 0 Å². The highest BCUT2D eigenvalue weighted by Gasteiger charge is 2.37. The minimum atomic E-state index is -0.557. The average Bonchev–Trinajstić information content (AvgIpc) is 3.06. The molecule has 0 fully saturated rings. The average molecular weight is 474 g/mol. The molecule has 0 saturated carbocycles. The topological polar surface area (TPSA) is 46.6 Å². The van der Waals surface area contributed by atoms with Gasteiger partial charge in [-0.25, -0.2) is 4.79 Å². The second-order valence-corrected chi connectivity index (χ2v) is 7.75. The fraction of sp³-hybridized carbons (Fsp3) is 0.0769. The van der Waals surface area contributed by atoms with Crippen LogP contribution in [0.15, 0.2) is 89.0 Å². The maximum absolute atomic E-state index is 13.4. The van der Waals surface area contributed by atoms with Crippen LogP contribution in [0.4, 0.5) is 0 Å². The molecule has 0 bridgehead atoms. The Morgan fingerprint density at radius 2 is 1.58 bits per heavy atom. The molecule has 1 aliphatic heterocycles. The normalized spacial score (nSPS) is 14.6. The molecule has 0 saturated heterocycles. The zero-order valence-electron chi connectivity index (χ0n) is 16.9. The van der Waals surface area contributed by atoms with Gasteiger partial charge in [-0.3, -0.25) is 9.69 Å². The molecule has 0 N–H and O–H groups in total. The van der Waals surface area contributed by atoms with Crippen molar-refractivity contribution in [3.8, 4) is 0 Å². The third kappa shape index (κ3) is 4.23. The van der Waals surface area contributed by atoms with E-state index in [-0.39, 0.29) is 18.2 Å². The van der Waals surface area contributed by atoms with E-state index in [1.807, 2.05) is 78.9 Å². The van der Waals surface area contributed by atoms with Gasteiger partial charge in [0.15, 0.2) is 0 Å². The lowest BCUT2D eigenvalue weighted by molar-refractivity contribution is -0.139. The van der Waals surface area contributed by atoms with Crippen LogP contribution in [0.3, 0.4) is 0 Å². The molecule has 5 heteroatoms. The van der Waals surface area contributed by atoms with E-state index in [0.29, 0.717) is 11.3 Å². The Labute approximate surface area is 189 Å². The molecule has 3 aromatic rings. The highest BCUT2D eigenvalue weighted by Crippen LogP contribution is 2.38. The zero-order valence-corrected chi connectivity index (χ0v) is 18.5. The minimum absolute atomic E-state index is 0.164. The van der Waals surface area contributed by atoms with E-state index in [1.54, 1.807) is 19.1 Å². The Kier molecular flexibility index (Phi) is 6.14. The monoisotopic (exact) mass is 473 g/mol. The van der Waals surface area contributed by atoms with Crippen molar-refractivity contribution in [3.63, 3.8) is 0 Å². The predicted molar refractivity (Wildman–Crippen MR) is 126 cm³/mol. The molecular formula is C26H20BrNO3. The van der Waals surface area contributed by atoms with Crippen molar-refractivity contribution in [1.82, 2.24) is 4.90 Å². The number of esters is 1. The number of benzene rings is 3. The molecule has 1 heterocycles. The first-order valence-electron chi connectivity index (χ1n) is 9.94. The summed E-state index contributed by atoms with van der Waals surface area (Å²) in [6.45, 7) is 1.95. The minimum Gasteiger partial charge on any atom is -0.461 e. The first-order chi connectivity index (χ1) is 15.1. The van der Waals surface area contributed by atoms with E-state index in [2.05, 4.69) is 15.9 Å².